The van der Waals surface area contributed by atoms with Gasteiger partial charge in [0, 0.05) is 17.3 Å². The molecule has 0 atom stereocenters. The first-order chi connectivity index (χ1) is 9.75. The number of nitrogens with one attached hydrogen (secondary N) is 1. The lowest BCUT2D eigenvalue weighted by Crippen LogP contribution is -2.14. The minimum atomic E-state index is -0.257. The molecule has 0 bridgehead atoms. The first-order valence-electron chi connectivity index (χ1n) is 6.25. The minimum absolute atomic E-state index is 0.227. The number of hydrogen-bond acceptors (Lipinski definition) is 3. The minimum Gasteiger partial charge on any atom is -0.383 e. The van der Waals surface area contributed by atoms with E-state index in [2.05, 4.69) is 10.3 Å². The quantitative estimate of drug-likeness (QED) is 0.746. The summed E-state index contributed by atoms with van der Waals surface area (Å²) in [5.74, 6) is -0.0304. The van der Waals surface area contributed by atoms with E-state index in [0.717, 1.165) is 16.5 Å². The summed E-state index contributed by atoms with van der Waals surface area (Å²) in [5.41, 5.74) is 6.85. The van der Waals surface area contributed by atoms with Crippen molar-refractivity contribution in [1.82, 2.24) is 4.98 Å². The van der Waals surface area contributed by atoms with Crippen molar-refractivity contribution in [3.63, 3.8) is 0 Å². The predicted octanol–water partition coefficient (Wildman–Crippen LogP) is 3.07. The van der Waals surface area contributed by atoms with Gasteiger partial charge in [-0.1, -0.05) is 36.4 Å². The number of carbonyl (C=O) groups excluding carboxylic acids is 1. The van der Waals surface area contributed by atoms with E-state index >= 15 is 0 Å². The molecule has 1 aromatic heterocycles. The zero-order valence-corrected chi connectivity index (χ0v) is 10.7. The van der Waals surface area contributed by atoms with E-state index < -0.39 is 0 Å². The third-order valence-electron chi connectivity index (χ3n) is 3.12. The first kappa shape index (κ1) is 12.2. The van der Waals surface area contributed by atoms with Crippen LogP contribution in [0.3, 0.4) is 0 Å². The Kier molecular flexibility index (Phi) is 3.05. The number of pyridine rings is 1. The first-order valence-corrected chi connectivity index (χ1v) is 6.25. The van der Waals surface area contributed by atoms with Gasteiger partial charge in [0.1, 0.15) is 5.82 Å². The van der Waals surface area contributed by atoms with Crippen molar-refractivity contribution in [2.45, 2.75) is 0 Å². The monoisotopic (exact) mass is 263 g/mol. The lowest BCUT2D eigenvalue weighted by Gasteiger charge is -2.09. The second kappa shape index (κ2) is 5.01. The number of nitrogens with zero attached hydrogens (tertiary/aromatic N) is 1. The van der Waals surface area contributed by atoms with E-state index in [9.17, 15) is 4.79 Å². The summed E-state index contributed by atoms with van der Waals surface area (Å²) in [6.45, 7) is 0. The molecule has 0 spiro atoms. The van der Waals surface area contributed by atoms with E-state index in [1.165, 1.54) is 0 Å². The van der Waals surface area contributed by atoms with Crippen LogP contribution in [0.5, 0.6) is 0 Å². The molecule has 0 fully saturated rings. The van der Waals surface area contributed by atoms with Crippen LogP contribution in [0.4, 0.5) is 11.5 Å². The summed E-state index contributed by atoms with van der Waals surface area (Å²) in [4.78, 5) is 16.2. The molecule has 98 valence electrons. The van der Waals surface area contributed by atoms with Crippen molar-refractivity contribution in [1.29, 1.82) is 0 Å². The number of anilines is 2. The molecule has 0 unspecified atom stereocenters. The second-order valence-corrected chi connectivity index (χ2v) is 4.42. The number of rotatable bonds is 2. The maximum absolute atomic E-state index is 12.2. The van der Waals surface area contributed by atoms with Crippen LogP contribution in [0, 0.1) is 0 Å². The maximum Gasteiger partial charge on any atom is 0.259 e. The third kappa shape index (κ3) is 2.19. The standard InChI is InChI=1S/C16H13N3O/c17-15-13(8-4-10-18-15)16(20)19-14-9-3-6-11-5-1-2-7-12(11)14/h1-10H,(H2,17,18)(H,19,20). The maximum atomic E-state index is 12.2. The highest BCUT2D eigenvalue weighted by atomic mass is 16.1. The Morgan fingerprint density at radius 2 is 1.80 bits per heavy atom. The fraction of sp³-hybridized carbons (Fsp3) is 0. The molecule has 3 rings (SSSR count). The summed E-state index contributed by atoms with van der Waals surface area (Å²) in [6, 6.07) is 17.0. The normalized spacial score (nSPS) is 10.4. The molecule has 3 N–H and O–H groups in total. The number of benzene rings is 2. The van der Waals surface area contributed by atoms with Crippen molar-refractivity contribution in [2.75, 3.05) is 11.1 Å². The van der Waals surface area contributed by atoms with Gasteiger partial charge in [0.2, 0.25) is 0 Å². The summed E-state index contributed by atoms with van der Waals surface area (Å²) in [5, 5.41) is 4.95. The van der Waals surface area contributed by atoms with Crippen molar-refractivity contribution in [2.24, 2.45) is 0 Å². The third-order valence-corrected chi connectivity index (χ3v) is 3.12. The predicted molar refractivity (Wildman–Crippen MR) is 80.6 cm³/mol. The number of carbonyl (C=O) groups is 1. The zero-order chi connectivity index (χ0) is 13.9. The number of fused-ring (bicyclic) bond motifs is 1. The van der Waals surface area contributed by atoms with Gasteiger partial charge in [-0.05, 0) is 23.6 Å². The average molecular weight is 263 g/mol. The van der Waals surface area contributed by atoms with Gasteiger partial charge in [-0.3, -0.25) is 4.79 Å². The Labute approximate surface area is 116 Å². The molecule has 4 heteroatoms. The van der Waals surface area contributed by atoms with Gasteiger partial charge in [-0.25, -0.2) is 4.98 Å². The SMILES string of the molecule is Nc1ncccc1C(=O)Nc1cccc2ccccc12. The molecule has 0 aliphatic carbocycles. The second-order valence-electron chi connectivity index (χ2n) is 4.42. The number of amides is 1. The molecule has 0 saturated carbocycles. The average Bonchev–Trinajstić information content (AvgIpc) is 2.48. The zero-order valence-electron chi connectivity index (χ0n) is 10.7. The van der Waals surface area contributed by atoms with Crippen LogP contribution in [-0.2, 0) is 0 Å². The highest BCUT2D eigenvalue weighted by Gasteiger charge is 2.11. The fourth-order valence-corrected chi connectivity index (χ4v) is 2.13. The fourth-order valence-electron chi connectivity index (χ4n) is 2.13. The molecular formula is C16H13N3O. The number of aromatic nitrogens is 1. The molecule has 20 heavy (non-hydrogen) atoms. The number of nitrogens with two attached hydrogens (primary N) is 1. The van der Waals surface area contributed by atoms with E-state index in [1.807, 2.05) is 42.5 Å². The molecule has 2 aromatic carbocycles. The summed E-state index contributed by atoms with van der Waals surface area (Å²) in [7, 11) is 0. The van der Waals surface area contributed by atoms with E-state index in [4.69, 9.17) is 5.73 Å². The van der Waals surface area contributed by atoms with Gasteiger partial charge < -0.3 is 11.1 Å². The molecule has 0 aliphatic rings. The van der Waals surface area contributed by atoms with Crippen molar-refractivity contribution in [3.8, 4) is 0 Å². The Morgan fingerprint density at radius 1 is 1.00 bits per heavy atom. The van der Waals surface area contributed by atoms with E-state index in [0.29, 0.717) is 5.56 Å². The van der Waals surface area contributed by atoms with Gasteiger partial charge >= 0.3 is 0 Å². The lowest BCUT2D eigenvalue weighted by atomic mass is 10.1. The smallest absolute Gasteiger partial charge is 0.259 e. The summed E-state index contributed by atoms with van der Waals surface area (Å²) in [6.07, 6.45) is 1.56. The Morgan fingerprint density at radius 3 is 2.65 bits per heavy atom. The van der Waals surface area contributed by atoms with Crippen LogP contribution < -0.4 is 11.1 Å². The van der Waals surface area contributed by atoms with Crippen LogP contribution in [0.2, 0.25) is 0 Å². The topological polar surface area (TPSA) is 68.0 Å². The lowest BCUT2D eigenvalue weighted by molar-refractivity contribution is 0.102. The largest absolute Gasteiger partial charge is 0.383 e. The highest BCUT2D eigenvalue weighted by molar-refractivity contribution is 6.11. The van der Waals surface area contributed by atoms with Crippen molar-refractivity contribution < 1.29 is 4.79 Å². The van der Waals surface area contributed by atoms with Gasteiger partial charge in [0.25, 0.3) is 5.91 Å². The van der Waals surface area contributed by atoms with Gasteiger partial charge in [0.15, 0.2) is 0 Å². The number of nitrogen functional groups attached to an aromatic ring is 1. The summed E-state index contributed by atoms with van der Waals surface area (Å²) >= 11 is 0. The molecule has 1 heterocycles. The molecule has 3 aromatic rings. The van der Waals surface area contributed by atoms with Crippen molar-refractivity contribution >= 4 is 28.2 Å². The molecule has 4 nitrogen and oxygen atoms in total. The Hall–Kier alpha value is -2.88. The van der Waals surface area contributed by atoms with E-state index in [-0.39, 0.29) is 11.7 Å². The van der Waals surface area contributed by atoms with Crippen LogP contribution in [0.15, 0.2) is 60.8 Å². The Balaban J connectivity index is 1.98. The summed E-state index contributed by atoms with van der Waals surface area (Å²) < 4.78 is 0. The van der Waals surface area contributed by atoms with Crippen LogP contribution in [0.25, 0.3) is 10.8 Å². The molecule has 0 aliphatic heterocycles. The molecular weight excluding hydrogens is 250 g/mol. The molecule has 1 amide bonds. The van der Waals surface area contributed by atoms with Crippen molar-refractivity contribution in [3.05, 3.63) is 66.4 Å². The van der Waals surface area contributed by atoms with Crippen LogP contribution in [0.1, 0.15) is 10.4 Å². The molecule has 0 saturated heterocycles. The number of hydrogen-bond donors (Lipinski definition) is 2. The highest BCUT2D eigenvalue weighted by Crippen LogP contribution is 2.23. The van der Waals surface area contributed by atoms with Crippen LogP contribution in [-0.4, -0.2) is 10.9 Å². The molecule has 0 radical (unpaired) electrons. The van der Waals surface area contributed by atoms with E-state index in [1.54, 1.807) is 18.3 Å². The van der Waals surface area contributed by atoms with Crippen LogP contribution >= 0.6 is 0 Å². The van der Waals surface area contributed by atoms with Gasteiger partial charge in [-0.15, -0.1) is 0 Å². The Bertz CT molecular complexity index is 778. The van der Waals surface area contributed by atoms with Gasteiger partial charge in [-0.2, -0.15) is 0 Å². The van der Waals surface area contributed by atoms with Gasteiger partial charge in [0.05, 0.1) is 5.56 Å².